The Kier molecular flexibility index (Phi) is 10.2. The molecule has 1 aromatic carbocycles. The Hall–Kier alpha value is -3.23. The molecule has 0 aliphatic carbocycles. The first-order valence-corrected chi connectivity index (χ1v) is 12.6. The zero-order valence-electron chi connectivity index (χ0n) is 22.9. The average molecular weight is 501 g/mol. The van der Waals surface area contributed by atoms with Gasteiger partial charge in [0.1, 0.15) is 5.60 Å². The Bertz CT molecular complexity index is 938. The molecule has 1 saturated heterocycles. The number of carbonyl (C=O) groups excluding carboxylic acids is 2. The van der Waals surface area contributed by atoms with E-state index in [9.17, 15) is 9.59 Å². The molecule has 0 radical (unpaired) electrons. The van der Waals surface area contributed by atoms with Crippen LogP contribution in [0.3, 0.4) is 0 Å². The van der Waals surface area contributed by atoms with Crippen LogP contribution < -0.4 is 20.9 Å². The van der Waals surface area contributed by atoms with Crippen LogP contribution in [0.15, 0.2) is 36.2 Å². The van der Waals surface area contributed by atoms with Crippen LogP contribution in [0.25, 0.3) is 0 Å². The Labute approximate surface area is 216 Å². The van der Waals surface area contributed by atoms with E-state index >= 15 is 0 Å². The highest BCUT2D eigenvalue weighted by Gasteiger charge is 2.35. The zero-order chi connectivity index (χ0) is 26.9. The molecule has 2 amide bonds. The van der Waals surface area contributed by atoms with Crippen molar-refractivity contribution in [3.63, 3.8) is 0 Å². The molecule has 0 aromatic heterocycles. The maximum Gasteiger partial charge on any atom is 0.407 e. The quantitative estimate of drug-likeness (QED) is 0.268. The number of hydrogen-bond acceptors (Lipinski definition) is 7. The molecule has 2 rings (SSSR count). The Morgan fingerprint density at radius 1 is 1.22 bits per heavy atom. The highest BCUT2D eigenvalue weighted by molar-refractivity contribution is 5.85. The van der Waals surface area contributed by atoms with Gasteiger partial charge in [0, 0.05) is 57.6 Å². The molecule has 0 saturated carbocycles. The number of likely N-dealkylation sites (tertiary alicyclic amines) is 1. The molecule has 36 heavy (non-hydrogen) atoms. The lowest BCUT2D eigenvalue weighted by Gasteiger charge is -2.29. The average Bonchev–Trinajstić information content (AvgIpc) is 3.29. The van der Waals surface area contributed by atoms with Gasteiger partial charge in [0.15, 0.2) is 0 Å². The third kappa shape index (κ3) is 8.46. The molecule has 1 aliphatic rings. The molecule has 1 fully saturated rings. The van der Waals surface area contributed by atoms with Crippen molar-refractivity contribution >= 4 is 29.6 Å². The number of hydrogen-bond donors (Lipinski definition) is 4. The summed E-state index contributed by atoms with van der Waals surface area (Å²) in [4.78, 5) is 28.9. The number of anilines is 2. The molecule has 0 bridgehead atoms. The van der Waals surface area contributed by atoms with Crippen molar-refractivity contribution in [2.75, 3.05) is 43.9 Å². The SMILES string of the molecule is CNc1ccccc1N(C)/C(C=N)=C/NC1CCN(C(=O)C(C)(C)CCCNC(=O)OC(C)(C)C)C1. The minimum Gasteiger partial charge on any atom is -0.444 e. The van der Waals surface area contributed by atoms with Crippen molar-refractivity contribution in [2.45, 2.75) is 65.5 Å². The summed E-state index contributed by atoms with van der Waals surface area (Å²) in [7, 11) is 3.81. The second-order valence-corrected chi connectivity index (χ2v) is 10.9. The van der Waals surface area contributed by atoms with Crippen LogP contribution in [0.5, 0.6) is 0 Å². The van der Waals surface area contributed by atoms with Crippen molar-refractivity contribution < 1.29 is 14.3 Å². The van der Waals surface area contributed by atoms with Crippen molar-refractivity contribution in [3.8, 4) is 0 Å². The van der Waals surface area contributed by atoms with Gasteiger partial charge >= 0.3 is 6.09 Å². The fourth-order valence-electron chi connectivity index (χ4n) is 4.21. The van der Waals surface area contributed by atoms with Gasteiger partial charge in [-0.25, -0.2) is 4.79 Å². The number of nitrogens with zero attached hydrogens (tertiary/aromatic N) is 2. The lowest BCUT2D eigenvalue weighted by Crippen LogP contribution is -2.41. The minimum atomic E-state index is -0.527. The van der Waals surface area contributed by atoms with Crippen LogP contribution in [0.4, 0.5) is 16.2 Å². The highest BCUT2D eigenvalue weighted by atomic mass is 16.6. The number of para-hydroxylation sites is 2. The highest BCUT2D eigenvalue weighted by Crippen LogP contribution is 2.28. The van der Waals surface area contributed by atoms with Crippen molar-refractivity contribution in [3.05, 3.63) is 36.2 Å². The molecule has 200 valence electrons. The summed E-state index contributed by atoms with van der Waals surface area (Å²) in [6.07, 6.45) is 4.96. The summed E-state index contributed by atoms with van der Waals surface area (Å²) in [6, 6.07) is 8.07. The van der Waals surface area contributed by atoms with Crippen molar-refractivity contribution in [2.24, 2.45) is 5.41 Å². The van der Waals surface area contributed by atoms with Crippen LogP contribution >= 0.6 is 0 Å². The summed E-state index contributed by atoms with van der Waals surface area (Å²) < 4.78 is 5.25. The maximum atomic E-state index is 13.2. The minimum absolute atomic E-state index is 0.125. The summed E-state index contributed by atoms with van der Waals surface area (Å²) in [5, 5.41) is 17.2. The summed E-state index contributed by atoms with van der Waals surface area (Å²) in [5.41, 5.74) is 1.63. The summed E-state index contributed by atoms with van der Waals surface area (Å²) in [5.74, 6) is 0.125. The fraction of sp³-hybridized carbons (Fsp3) is 0.593. The third-order valence-electron chi connectivity index (χ3n) is 6.24. The first-order valence-electron chi connectivity index (χ1n) is 12.6. The number of benzene rings is 1. The van der Waals surface area contributed by atoms with E-state index in [0.29, 0.717) is 32.5 Å². The van der Waals surface area contributed by atoms with Crippen LogP contribution in [0.2, 0.25) is 0 Å². The van der Waals surface area contributed by atoms with E-state index in [-0.39, 0.29) is 11.9 Å². The van der Waals surface area contributed by atoms with Crippen LogP contribution in [-0.4, -0.2) is 68.5 Å². The van der Waals surface area contributed by atoms with E-state index in [1.54, 1.807) is 0 Å². The number of nitrogens with one attached hydrogen (secondary N) is 4. The largest absolute Gasteiger partial charge is 0.444 e. The van der Waals surface area contributed by atoms with Gasteiger partial charge in [-0.05, 0) is 52.2 Å². The molecular weight excluding hydrogens is 456 g/mol. The predicted octanol–water partition coefficient (Wildman–Crippen LogP) is 4.18. The van der Waals surface area contributed by atoms with Crippen molar-refractivity contribution in [1.82, 2.24) is 15.5 Å². The van der Waals surface area contributed by atoms with E-state index in [4.69, 9.17) is 10.1 Å². The van der Waals surface area contributed by atoms with Crippen LogP contribution in [0.1, 0.15) is 53.9 Å². The van der Waals surface area contributed by atoms with Crippen LogP contribution in [-0.2, 0) is 9.53 Å². The Morgan fingerprint density at radius 3 is 2.56 bits per heavy atom. The third-order valence-corrected chi connectivity index (χ3v) is 6.24. The van der Waals surface area contributed by atoms with Crippen LogP contribution in [0, 0.1) is 10.8 Å². The fourth-order valence-corrected chi connectivity index (χ4v) is 4.21. The standard InChI is InChI=1S/C27H44N6O3/c1-26(2,3)36-25(35)30-15-10-14-27(4,5)24(34)33-16-13-20(19-33)31-18-21(17-28)32(7)23-12-9-8-11-22(23)29-6/h8-9,11-12,17-18,20,28-29,31H,10,13-16,19H2,1-7H3,(H,30,35)/b21-18+,28-17?. The van der Waals surface area contributed by atoms with Gasteiger partial charge in [-0.1, -0.05) is 26.0 Å². The molecule has 1 unspecified atom stereocenters. The number of amides is 2. The molecule has 1 heterocycles. The summed E-state index contributed by atoms with van der Waals surface area (Å²) in [6.45, 7) is 11.2. The molecule has 9 heteroatoms. The molecular formula is C27H44N6O3. The number of allylic oxidation sites excluding steroid dienone is 1. The molecule has 1 aliphatic heterocycles. The van der Waals surface area contributed by atoms with Gasteiger partial charge < -0.3 is 35.9 Å². The second-order valence-electron chi connectivity index (χ2n) is 10.9. The molecule has 1 atom stereocenters. The lowest BCUT2D eigenvalue weighted by atomic mass is 9.86. The van der Waals surface area contributed by atoms with E-state index in [1.807, 2.05) is 89.0 Å². The molecule has 4 N–H and O–H groups in total. The van der Waals surface area contributed by atoms with Gasteiger partial charge in [-0.3, -0.25) is 4.79 Å². The molecule has 1 aromatic rings. The number of ether oxygens (including phenoxy) is 1. The number of carbonyl (C=O) groups is 2. The predicted molar refractivity (Wildman–Crippen MR) is 147 cm³/mol. The monoisotopic (exact) mass is 500 g/mol. The summed E-state index contributed by atoms with van der Waals surface area (Å²) >= 11 is 0. The topological polar surface area (TPSA) is 110 Å². The van der Waals surface area contributed by atoms with Gasteiger partial charge in [0.25, 0.3) is 0 Å². The van der Waals surface area contributed by atoms with Gasteiger partial charge in [0.2, 0.25) is 5.91 Å². The zero-order valence-corrected chi connectivity index (χ0v) is 22.9. The van der Waals surface area contributed by atoms with E-state index in [1.165, 1.54) is 6.21 Å². The van der Waals surface area contributed by atoms with Gasteiger partial charge in [-0.15, -0.1) is 0 Å². The van der Waals surface area contributed by atoms with E-state index in [2.05, 4.69) is 16.0 Å². The molecule has 0 spiro atoms. The smallest absolute Gasteiger partial charge is 0.407 e. The van der Waals surface area contributed by atoms with Gasteiger partial charge in [-0.2, -0.15) is 0 Å². The second kappa shape index (κ2) is 12.6. The first-order chi connectivity index (χ1) is 16.9. The van der Waals surface area contributed by atoms with Gasteiger partial charge in [0.05, 0.1) is 17.1 Å². The van der Waals surface area contributed by atoms with Crippen molar-refractivity contribution in [1.29, 1.82) is 5.41 Å². The first kappa shape index (κ1) is 29.0. The molecule has 9 nitrogen and oxygen atoms in total. The lowest BCUT2D eigenvalue weighted by molar-refractivity contribution is -0.139. The number of rotatable bonds is 11. The number of alkyl carbamates (subject to hydrolysis) is 1. The normalized spacial score (nSPS) is 16.4. The maximum absolute atomic E-state index is 13.2. The van der Waals surface area contributed by atoms with E-state index in [0.717, 1.165) is 23.5 Å². The Morgan fingerprint density at radius 2 is 1.92 bits per heavy atom. The van der Waals surface area contributed by atoms with E-state index < -0.39 is 17.1 Å². The Balaban J connectivity index is 1.86.